The van der Waals surface area contributed by atoms with Crippen molar-refractivity contribution in [1.82, 2.24) is 14.9 Å². The Morgan fingerprint density at radius 3 is 2.59 bits per heavy atom. The van der Waals surface area contributed by atoms with E-state index in [1.54, 1.807) is 6.08 Å². The molecule has 0 saturated heterocycles. The third-order valence-electron chi connectivity index (χ3n) is 6.09. The Labute approximate surface area is 198 Å². The number of imidazole rings is 1. The topological polar surface area (TPSA) is 67.2 Å². The van der Waals surface area contributed by atoms with E-state index >= 15 is 0 Å². The number of aromatic nitrogens is 2. The second-order valence-corrected chi connectivity index (χ2v) is 8.34. The number of carbonyl (C=O) groups excluding carboxylic acids is 2. The predicted octanol–water partition coefficient (Wildman–Crippen LogP) is 4.35. The lowest BCUT2D eigenvalue weighted by Crippen LogP contribution is -2.38. The zero-order valence-corrected chi connectivity index (χ0v) is 18.9. The van der Waals surface area contributed by atoms with Crippen LogP contribution in [0.3, 0.4) is 0 Å². The summed E-state index contributed by atoms with van der Waals surface area (Å²) in [6.07, 6.45) is 5.22. The lowest BCUT2D eigenvalue weighted by Gasteiger charge is -2.29. The van der Waals surface area contributed by atoms with Gasteiger partial charge in [-0.1, -0.05) is 60.7 Å². The van der Waals surface area contributed by atoms with Gasteiger partial charge in [0.2, 0.25) is 11.8 Å². The number of nitrogens with one attached hydrogen (secondary N) is 1. The molecule has 0 fully saturated rings. The van der Waals surface area contributed by atoms with Crippen molar-refractivity contribution in [2.24, 2.45) is 0 Å². The maximum atomic E-state index is 13.4. The smallest absolute Gasteiger partial charge is 0.246 e. The van der Waals surface area contributed by atoms with Crippen molar-refractivity contribution in [1.29, 1.82) is 0 Å². The molecule has 0 aliphatic carbocycles. The van der Waals surface area contributed by atoms with Crippen LogP contribution in [0.15, 0.2) is 84.9 Å². The first-order valence-corrected chi connectivity index (χ1v) is 11.5. The van der Waals surface area contributed by atoms with Gasteiger partial charge >= 0.3 is 0 Å². The number of fused-ring (bicyclic) bond motifs is 2. The van der Waals surface area contributed by atoms with E-state index in [4.69, 9.17) is 4.98 Å². The van der Waals surface area contributed by atoms with Gasteiger partial charge in [-0.2, -0.15) is 0 Å². The van der Waals surface area contributed by atoms with E-state index in [2.05, 4.69) is 11.4 Å². The van der Waals surface area contributed by atoms with Crippen molar-refractivity contribution < 1.29 is 9.59 Å². The minimum absolute atomic E-state index is 0.0202. The van der Waals surface area contributed by atoms with Crippen LogP contribution in [-0.4, -0.2) is 27.9 Å². The molecular formula is C28H26N4O2. The Kier molecular flexibility index (Phi) is 6.21. The minimum Gasteiger partial charge on any atom is -0.345 e. The normalized spacial score (nSPS) is 13.2. The third kappa shape index (κ3) is 4.62. The molecule has 0 spiro atoms. The predicted molar refractivity (Wildman–Crippen MR) is 134 cm³/mol. The molecule has 170 valence electrons. The lowest BCUT2D eigenvalue weighted by atomic mass is 10.0. The van der Waals surface area contributed by atoms with Crippen LogP contribution >= 0.6 is 0 Å². The van der Waals surface area contributed by atoms with E-state index in [1.807, 2.05) is 82.3 Å². The van der Waals surface area contributed by atoms with Crippen LogP contribution in [0.4, 0.5) is 5.69 Å². The number of hydrogen-bond acceptors (Lipinski definition) is 3. The van der Waals surface area contributed by atoms with Gasteiger partial charge in [-0.15, -0.1) is 0 Å². The van der Waals surface area contributed by atoms with Gasteiger partial charge in [0.15, 0.2) is 0 Å². The Morgan fingerprint density at radius 2 is 1.71 bits per heavy atom. The molecule has 0 saturated carbocycles. The van der Waals surface area contributed by atoms with Gasteiger partial charge < -0.3 is 14.8 Å². The molecule has 3 aromatic carbocycles. The first-order valence-electron chi connectivity index (χ1n) is 11.5. The van der Waals surface area contributed by atoms with Crippen molar-refractivity contribution in [2.45, 2.75) is 25.9 Å². The van der Waals surface area contributed by atoms with Crippen LogP contribution in [0.2, 0.25) is 0 Å². The molecule has 0 atom stereocenters. The van der Waals surface area contributed by atoms with Gasteiger partial charge in [-0.25, -0.2) is 4.98 Å². The minimum atomic E-state index is -0.209. The Balaban J connectivity index is 1.35. The monoisotopic (exact) mass is 450 g/mol. The maximum absolute atomic E-state index is 13.4. The van der Waals surface area contributed by atoms with E-state index in [9.17, 15) is 9.59 Å². The van der Waals surface area contributed by atoms with Crippen molar-refractivity contribution >= 4 is 34.6 Å². The highest BCUT2D eigenvalue weighted by Gasteiger charge is 2.24. The number of nitrogens with zero attached hydrogens (tertiary/aromatic N) is 3. The van der Waals surface area contributed by atoms with Gasteiger partial charge in [-0.05, 0) is 48.2 Å². The molecule has 1 aromatic heterocycles. The summed E-state index contributed by atoms with van der Waals surface area (Å²) in [5.74, 6) is 0.465. The summed E-state index contributed by atoms with van der Waals surface area (Å²) >= 11 is 0. The fourth-order valence-electron chi connectivity index (χ4n) is 4.41. The molecular weight excluding hydrogens is 424 g/mol. The average Bonchev–Trinajstić information content (AvgIpc) is 3.23. The number of aryl methyl sites for hydroxylation is 1. The molecule has 1 aliphatic heterocycles. The van der Waals surface area contributed by atoms with Gasteiger partial charge in [0.25, 0.3) is 0 Å². The molecule has 34 heavy (non-hydrogen) atoms. The number of hydrogen-bond donors (Lipinski definition) is 1. The summed E-state index contributed by atoms with van der Waals surface area (Å²) in [4.78, 5) is 32.4. The molecule has 0 radical (unpaired) electrons. The molecule has 4 aromatic rings. The first-order chi connectivity index (χ1) is 16.7. The standard InChI is InChI=1S/C28H26N4O2/c33-27(17-16-21-9-2-1-3-10-21)29-19-26-30-23-13-5-7-15-25(23)32(26)20-28(34)31-18-8-12-22-11-4-6-14-24(22)31/h1-7,9-11,13-17H,8,12,18-20H2,(H,29,33)/b17-16-. The number of rotatable bonds is 6. The molecule has 2 heterocycles. The first kappa shape index (κ1) is 21.6. The highest BCUT2D eigenvalue weighted by molar-refractivity contribution is 5.95. The van der Waals surface area contributed by atoms with E-state index in [0.29, 0.717) is 12.4 Å². The van der Waals surface area contributed by atoms with Gasteiger partial charge in [0.1, 0.15) is 12.4 Å². The highest BCUT2D eigenvalue weighted by Crippen LogP contribution is 2.27. The summed E-state index contributed by atoms with van der Waals surface area (Å²) in [6.45, 7) is 1.11. The third-order valence-corrected chi connectivity index (χ3v) is 6.09. The number of para-hydroxylation sites is 3. The summed E-state index contributed by atoms with van der Waals surface area (Å²) < 4.78 is 1.91. The summed E-state index contributed by atoms with van der Waals surface area (Å²) in [5.41, 5.74) is 4.83. The Bertz CT molecular complexity index is 1360. The quantitative estimate of drug-likeness (QED) is 0.444. The van der Waals surface area contributed by atoms with Crippen LogP contribution in [-0.2, 0) is 29.1 Å². The fourth-order valence-corrected chi connectivity index (χ4v) is 4.41. The Morgan fingerprint density at radius 1 is 0.941 bits per heavy atom. The van der Waals surface area contributed by atoms with E-state index in [1.165, 1.54) is 11.6 Å². The highest BCUT2D eigenvalue weighted by atomic mass is 16.2. The molecule has 1 aliphatic rings. The largest absolute Gasteiger partial charge is 0.345 e. The summed E-state index contributed by atoms with van der Waals surface area (Å²) in [6, 6.07) is 25.5. The summed E-state index contributed by atoms with van der Waals surface area (Å²) in [7, 11) is 0. The van der Waals surface area contributed by atoms with E-state index < -0.39 is 0 Å². The number of anilines is 1. The van der Waals surface area contributed by atoms with E-state index in [-0.39, 0.29) is 24.9 Å². The zero-order chi connectivity index (χ0) is 23.3. The fraction of sp³-hybridized carbons (Fsp3) is 0.179. The molecule has 2 amide bonds. The van der Waals surface area contributed by atoms with Crippen LogP contribution in [0.1, 0.15) is 23.4 Å². The van der Waals surface area contributed by atoms with Crippen molar-refractivity contribution in [3.8, 4) is 0 Å². The van der Waals surface area contributed by atoms with Gasteiger partial charge in [0, 0.05) is 18.3 Å². The van der Waals surface area contributed by atoms with Crippen LogP contribution in [0.25, 0.3) is 17.1 Å². The second-order valence-electron chi connectivity index (χ2n) is 8.34. The van der Waals surface area contributed by atoms with Gasteiger partial charge in [0.05, 0.1) is 17.6 Å². The molecule has 5 rings (SSSR count). The maximum Gasteiger partial charge on any atom is 0.246 e. The summed E-state index contributed by atoms with van der Waals surface area (Å²) in [5, 5.41) is 2.91. The molecule has 0 bridgehead atoms. The average molecular weight is 451 g/mol. The van der Waals surface area contributed by atoms with Crippen LogP contribution in [0.5, 0.6) is 0 Å². The second kappa shape index (κ2) is 9.75. The SMILES string of the molecule is O=C(/C=C\c1ccccc1)NCc1nc2ccccc2n1CC(=O)N1CCCc2ccccc21. The molecule has 6 nitrogen and oxygen atoms in total. The lowest BCUT2D eigenvalue weighted by molar-refractivity contribution is -0.119. The number of amides is 2. The van der Waals surface area contributed by atoms with E-state index in [0.717, 1.165) is 35.1 Å². The van der Waals surface area contributed by atoms with Crippen molar-refractivity contribution in [3.05, 3.63) is 102 Å². The van der Waals surface area contributed by atoms with Gasteiger partial charge in [-0.3, -0.25) is 9.59 Å². The number of carbonyl (C=O) groups is 2. The van der Waals surface area contributed by atoms with Crippen molar-refractivity contribution in [3.63, 3.8) is 0 Å². The molecule has 0 unspecified atom stereocenters. The Hall–Kier alpha value is -4.19. The van der Waals surface area contributed by atoms with Crippen LogP contribution in [0, 0.1) is 0 Å². The van der Waals surface area contributed by atoms with Crippen molar-refractivity contribution in [2.75, 3.05) is 11.4 Å². The zero-order valence-electron chi connectivity index (χ0n) is 18.9. The molecule has 1 N–H and O–H groups in total. The number of benzene rings is 3. The van der Waals surface area contributed by atoms with Crippen LogP contribution < -0.4 is 10.2 Å². The molecule has 6 heteroatoms.